The number of anilines is 1. The number of aromatic nitrogens is 3. The number of hydrogen-bond acceptors (Lipinski definition) is 8. The lowest BCUT2D eigenvalue weighted by Gasteiger charge is -2.20. The molecule has 1 aromatic heterocycles. The molecule has 1 atom stereocenters. The van der Waals surface area contributed by atoms with Crippen molar-refractivity contribution in [3.63, 3.8) is 0 Å². The van der Waals surface area contributed by atoms with Crippen molar-refractivity contribution in [3.8, 4) is 28.6 Å². The number of para-hydroxylation sites is 1. The second kappa shape index (κ2) is 8.18. The number of nitrogens with one attached hydrogen (secondary N) is 1. The number of aromatic hydroxyl groups is 1. The average molecular weight is 429 g/mol. The van der Waals surface area contributed by atoms with Crippen LogP contribution >= 0.6 is 23.4 Å². The zero-order valence-corrected chi connectivity index (χ0v) is 17.0. The quantitative estimate of drug-likeness (QED) is 0.447. The van der Waals surface area contributed by atoms with Gasteiger partial charge < -0.3 is 19.9 Å². The normalized spacial score (nSPS) is 14.6. The Labute approximate surface area is 176 Å². The zero-order valence-electron chi connectivity index (χ0n) is 15.4. The molecule has 1 aliphatic rings. The molecule has 0 spiro atoms. The summed E-state index contributed by atoms with van der Waals surface area (Å²) in [6.07, 6.45) is 1.13. The maximum atomic E-state index is 10.1. The van der Waals surface area contributed by atoms with Crippen LogP contribution in [0.5, 0.6) is 17.4 Å². The van der Waals surface area contributed by atoms with Crippen molar-refractivity contribution in [2.45, 2.75) is 11.4 Å². The summed E-state index contributed by atoms with van der Waals surface area (Å²) < 4.78 is 11.4. The van der Waals surface area contributed by atoms with Crippen LogP contribution in [0.4, 0.5) is 5.69 Å². The van der Waals surface area contributed by atoms with E-state index in [1.54, 1.807) is 18.2 Å². The maximum Gasteiger partial charge on any atom is 0.247 e. The largest absolute Gasteiger partial charge is 0.503 e. The molecule has 3 aromatic rings. The highest BCUT2D eigenvalue weighted by Gasteiger charge is 2.27. The van der Waals surface area contributed by atoms with Gasteiger partial charge in [-0.15, -0.1) is 16.8 Å². The summed E-state index contributed by atoms with van der Waals surface area (Å²) in [5, 5.41) is 22.6. The molecular formula is C20H17ClN4O3S. The smallest absolute Gasteiger partial charge is 0.247 e. The van der Waals surface area contributed by atoms with Crippen LogP contribution in [-0.2, 0) is 0 Å². The first-order chi connectivity index (χ1) is 14.1. The van der Waals surface area contributed by atoms with E-state index in [4.69, 9.17) is 21.1 Å². The molecule has 148 valence electrons. The zero-order chi connectivity index (χ0) is 20.4. The summed E-state index contributed by atoms with van der Waals surface area (Å²) in [4.78, 5) is 4.53. The summed E-state index contributed by atoms with van der Waals surface area (Å²) in [5.41, 5.74) is 2.82. The number of ether oxygens (including phenoxy) is 2. The number of halogens is 1. The number of phenolic OH excluding ortho intramolecular Hbond substituents is 1. The third kappa shape index (κ3) is 3.81. The minimum Gasteiger partial charge on any atom is -0.503 e. The average Bonchev–Trinajstić information content (AvgIpc) is 2.90. The summed E-state index contributed by atoms with van der Waals surface area (Å²) >= 11 is 7.59. The number of rotatable bonds is 5. The molecule has 2 N–H and O–H groups in total. The number of thioether (sulfide) groups is 1. The van der Waals surface area contributed by atoms with Gasteiger partial charge in [0.15, 0.2) is 23.4 Å². The Hall–Kier alpha value is -2.97. The van der Waals surface area contributed by atoms with Gasteiger partial charge in [-0.2, -0.15) is 4.98 Å². The van der Waals surface area contributed by atoms with Crippen LogP contribution in [0.2, 0.25) is 5.02 Å². The Bertz CT molecular complexity index is 1080. The molecule has 0 fully saturated rings. The SMILES string of the molecule is C=CCSc1nnc2c(n1)OC(c1cc(Cl)c(O)c(OC)c1)Nc1ccccc1-2. The Morgan fingerprint density at radius 3 is 2.97 bits per heavy atom. The van der Waals surface area contributed by atoms with Crippen LogP contribution in [0.15, 0.2) is 54.2 Å². The van der Waals surface area contributed by atoms with Gasteiger partial charge in [-0.05, 0) is 18.2 Å². The highest BCUT2D eigenvalue weighted by Crippen LogP contribution is 2.42. The van der Waals surface area contributed by atoms with E-state index in [1.165, 1.54) is 18.9 Å². The van der Waals surface area contributed by atoms with Gasteiger partial charge in [0.25, 0.3) is 0 Å². The first kappa shape index (κ1) is 19.4. The van der Waals surface area contributed by atoms with Crippen molar-refractivity contribution in [3.05, 3.63) is 59.6 Å². The lowest BCUT2D eigenvalue weighted by atomic mass is 10.1. The Morgan fingerprint density at radius 2 is 2.17 bits per heavy atom. The van der Waals surface area contributed by atoms with E-state index in [0.717, 1.165) is 11.3 Å². The fourth-order valence-corrected chi connectivity index (χ4v) is 3.63. The minimum atomic E-state index is -0.640. The molecule has 0 aliphatic carbocycles. The Kier molecular flexibility index (Phi) is 5.46. The molecule has 0 saturated heterocycles. The molecule has 0 amide bonds. The van der Waals surface area contributed by atoms with Crippen LogP contribution in [0.25, 0.3) is 11.3 Å². The van der Waals surface area contributed by atoms with Crippen molar-refractivity contribution in [2.24, 2.45) is 0 Å². The fourth-order valence-electron chi connectivity index (χ4n) is 2.89. The van der Waals surface area contributed by atoms with E-state index in [1.807, 2.05) is 24.3 Å². The van der Waals surface area contributed by atoms with Crippen LogP contribution < -0.4 is 14.8 Å². The Balaban J connectivity index is 1.82. The highest BCUT2D eigenvalue weighted by atomic mass is 35.5. The van der Waals surface area contributed by atoms with E-state index in [0.29, 0.717) is 28.0 Å². The number of benzene rings is 2. The standard InChI is InChI=1S/C20H17ClN4O3S/c1-3-8-29-20-23-19-16(24-25-20)12-6-4-5-7-14(12)22-18(28-19)11-9-13(21)17(26)15(10-11)27-2/h3-7,9-10,18,22,26H,1,8H2,2H3. The van der Waals surface area contributed by atoms with E-state index in [-0.39, 0.29) is 16.5 Å². The second-order valence-corrected chi connectivity index (χ2v) is 7.48. The van der Waals surface area contributed by atoms with Crippen LogP contribution in [0.1, 0.15) is 11.8 Å². The molecule has 7 nitrogen and oxygen atoms in total. The van der Waals surface area contributed by atoms with Crippen LogP contribution in [0.3, 0.4) is 0 Å². The van der Waals surface area contributed by atoms with Gasteiger partial charge in [0, 0.05) is 22.6 Å². The molecule has 2 heterocycles. The summed E-state index contributed by atoms with van der Waals surface area (Å²) in [6, 6.07) is 10.9. The minimum absolute atomic E-state index is 0.126. The van der Waals surface area contributed by atoms with Crippen LogP contribution in [-0.4, -0.2) is 33.2 Å². The first-order valence-electron chi connectivity index (χ1n) is 8.68. The third-order valence-electron chi connectivity index (χ3n) is 4.24. The molecule has 4 rings (SSSR count). The molecule has 9 heteroatoms. The summed E-state index contributed by atoms with van der Waals surface area (Å²) in [7, 11) is 1.46. The lowest BCUT2D eigenvalue weighted by Crippen LogP contribution is -2.17. The maximum absolute atomic E-state index is 10.1. The van der Waals surface area contributed by atoms with Gasteiger partial charge >= 0.3 is 0 Å². The van der Waals surface area contributed by atoms with Crippen molar-refractivity contribution in [2.75, 3.05) is 18.2 Å². The lowest BCUT2D eigenvalue weighted by molar-refractivity contribution is 0.224. The van der Waals surface area contributed by atoms with E-state index in [2.05, 4.69) is 27.1 Å². The molecule has 0 saturated carbocycles. The molecule has 1 unspecified atom stereocenters. The molecule has 2 aromatic carbocycles. The van der Waals surface area contributed by atoms with Crippen LogP contribution in [0, 0.1) is 0 Å². The van der Waals surface area contributed by atoms with E-state index >= 15 is 0 Å². The number of hydrogen-bond donors (Lipinski definition) is 2. The first-order valence-corrected chi connectivity index (χ1v) is 10.0. The monoisotopic (exact) mass is 428 g/mol. The van der Waals surface area contributed by atoms with Gasteiger partial charge in [-0.1, -0.05) is 47.6 Å². The van der Waals surface area contributed by atoms with E-state index < -0.39 is 6.23 Å². The van der Waals surface area contributed by atoms with Gasteiger partial charge in [0.1, 0.15) is 0 Å². The fraction of sp³-hybridized carbons (Fsp3) is 0.150. The molecular weight excluding hydrogens is 412 g/mol. The summed E-state index contributed by atoms with van der Waals surface area (Å²) in [5.74, 6) is 1.12. The predicted octanol–water partition coefficient (Wildman–Crippen LogP) is 4.69. The van der Waals surface area contributed by atoms with Gasteiger partial charge in [0.05, 0.1) is 12.1 Å². The van der Waals surface area contributed by atoms with Crippen molar-refractivity contribution in [1.29, 1.82) is 0 Å². The number of methoxy groups -OCH3 is 1. The number of fused-ring (bicyclic) bond motifs is 3. The predicted molar refractivity (Wildman–Crippen MR) is 113 cm³/mol. The molecule has 29 heavy (non-hydrogen) atoms. The van der Waals surface area contributed by atoms with Crippen molar-refractivity contribution in [1.82, 2.24) is 15.2 Å². The topological polar surface area (TPSA) is 89.4 Å². The Morgan fingerprint density at radius 1 is 1.34 bits per heavy atom. The number of phenols is 1. The third-order valence-corrected chi connectivity index (χ3v) is 5.36. The number of nitrogens with zero attached hydrogens (tertiary/aromatic N) is 3. The molecule has 1 aliphatic heterocycles. The summed E-state index contributed by atoms with van der Waals surface area (Å²) in [6.45, 7) is 3.71. The van der Waals surface area contributed by atoms with E-state index in [9.17, 15) is 5.11 Å². The van der Waals surface area contributed by atoms with Gasteiger partial charge in [0.2, 0.25) is 11.0 Å². The van der Waals surface area contributed by atoms with Crippen molar-refractivity contribution >= 4 is 29.1 Å². The molecule has 0 bridgehead atoms. The second-order valence-electron chi connectivity index (χ2n) is 6.09. The van der Waals surface area contributed by atoms with Gasteiger partial charge in [-0.25, -0.2) is 0 Å². The van der Waals surface area contributed by atoms with Crippen molar-refractivity contribution < 1.29 is 14.6 Å². The molecule has 0 radical (unpaired) electrons. The van der Waals surface area contributed by atoms with Gasteiger partial charge in [-0.3, -0.25) is 0 Å². The highest BCUT2D eigenvalue weighted by molar-refractivity contribution is 7.99.